The van der Waals surface area contributed by atoms with Gasteiger partial charge in [0.1, 0.15) is 13.0 Å². The van der Waals surface area contributed by atoms with Crippen LogP contribution in [0.15, 0.2) is 18.2 Å². The van der Waals surface area contributed by atoms with Crippen molar-refractivity contribution in [2.45, 2.75) is 25.9 Å². The summed E-state index contributed by atoms with van der Waals surface area (Å²) in [6.45, 7) is 4.05. The first kappa shape index (κ1) is 18.1. The molecule has 1 heterocycles. The highest BCUT2D eigenvalue weighted by Crippen LogP contribution is 2.27. The van der Waals surface area contributed by atoms with E-state index in [0.717, 1.165) is 17.0 Å². The summed E-state index contributed by atoms with van der Waals surface area (Å²) in [6.07, 6.45) is 0.0856. The van der Waals surface area contributed by atoms with Gasteiger partial charge >= 0.3 is 5.97 Å². The first-order valence-corrected chi connectivity index (χ1v) is 8.07. The normalized spacial score (nSPS) is 20.2. The van der Waals surface area contributed by atoms with Crippen LogP contribution < -0.4 is 19.7 Å². The maximum atomic E-state index is 12.2. The Balaban J connectivity index is 2.12. The molecule has 0 spiro atoms. The average molecular weight is 337 g/mol. The molecule has 0 radical (unpaired) electrons. The summed E-state index contributed by atoms with van der Waals surface area (Å²) in [4.78, 5) is 25.0. The maximum Gasteiger partial charge on any atom is 0.312 e. The highest BCUT2D eigenvalue weighted by molar-refractivity contribution is 5.85. The Labute approximate surface area is 141 Å². The third kappa shape index (κ3) is 4.38. The second-order valence-electron chi connectivity index (χ2n) is 5.63. The topological polar surface area (TPSA) is 78.3 Å². The fraction of sp³-hybridized carbons (Fsp3) is 0.529. The van der Waals surface area contributed by atoms with E-state index >= 15 is 0 Å². The van der Waals surface area contributed by atoms with Crippen LogP contribution in [0.2, 0.25) is 0 Å². The first-order chi connectivity index (χ1) is 11.6. The van der Waals surface area contributed by atoms with Crippen molar-refractivity contribution in [3.05, 3.63) is 23.8 Å². The minimum Gasteiger partial charge on any atom is -0.493 e. The van der Waals surface area contributed by atoms with Crippen LogP contribution in [0.5, 0.6) is 11.5 Å². The molecular weight excluding hydrogens is 312 g/mol. The molecule has 0 aromatic heterocycles. The summed E-state index contributed by atoms with van der Waals surface area (Å²) >= 11 is 0. The lowest BCUT2D eigenvalue weighted by molar-refractivity contribution is -0.930. The molecule has 1 aromatic rings. The smallest absolute Gasteiger partial charge is 0.312 e. The number of benzene rings is 1. The molecule has 1 amide bonds. The minimum absolute atomic E-state index is 0.0856. The third-order valence-electron chi connectivity index (χ3n) is 4.11. The molecule has 132 valence electrons. The quantitative estimate of drug-likeness (QED) is 0.659. The van der Waals surface area contributed by atoms with Crippen LogP contribution in [0.25, 0.3) is 0 Å². The molecule has 1 fully saturated rings. The fourth-order valence-electron chi connectivity index (χ4n) is 2.92. The van der Waals surface area contributed by atoms with Gasteiger partial charge in [-0.25, -0.2) is 0 Å². The zero-order chi connectivity index (χ0) is 17.5. The second kappa shape index (κ2) is 8.54. The van der Waals surface area contributed by atoms with Crippen LogP contribution >= 0.6 is 0 Å². The number of hydrogen-bond donors (Lipinski definition) is 2. The van der Waals surface area contributed by atoms with Crippen molar-refractivity contribution in [1.82, 2.24) is 5.32 Å². The molecule has 0 aliphatic carbocycles. The van der Waals surface area contributed by atoms with E-state index in [-0.39, 0.29) is 18.3 Å². The molecule has 1 aromatic carbocycles. The Morgan fingerprint density at radius 3 is 2.71 bits per heavy atom. The van der Waals surface area contributed by atoms with Crippen LogP contribution in [-0.4, -0.2) is 51.8 Å². The van der Waals surface area contributed by atoms with Gasteiger partial charge < -0.3 is 24.4 Å². The van der Waals surface area contributed by atoms with Crippen LogP contribution in [0.4, 0.5) is 0 Å². The summed E-state index contributed by atoms with van der Waals surface area (Å²) in [5.41, 5.74) is 1.02. The summed E-state index contributed by atoms with van der Waals surface area (Å²) in [7, 11) is 3.18. The first-order valence-electron chi connectivity index (χ1n) is 8.07. The van der Waals surface area contributed by atoms with E-state index in [9.17, 15) is 9.59 Å². The van der Waals surface area contributed by atoms with Gasteiger partial charge in [0, 0.05) is 5.56 Å². The number of carbonyl (C=O) groups excluding carboxylic acids is 2. The number of ether oxygens (including phenoxy) is 3. The molecule has 1 aliphatic rings. The Morgan fingerprint density at radius 2 is 2.04 bits per heavy atom. The monoisotopic (exact) mass is 337 g/mol. The standard InChI is InChI=1S/C17H24N2O5/c1-4-24-16(20)10-13-17(21)18-7-8-19(13)11-12-5-6-14(22-2)15(9-12)23-3/h5-6,9,13H,4,7-8,10-11H2,1-3H3,(H,18,21)/p+1/t13-/m1/s1. The number of nitrogens with one attached hydrogen (secondary N) is 2. The van der Waals surface area contributed by atoms with Gasteiger partial charge in [-0.3, -0.25) is 9.59 Å². The molecule has 2 rings (SSSR count). The predicted molar refractivity (Wildman–Crippen MR) is 87.1 cm³/mol. The molecule has 0 saturated carbocycles. The number of piperazine rings is 1. The molecular formula is C17H25N2O5+. The lowest BCUT2D eigenvalue weighted by Gasteiger charge is -2.31. The fourth-order valence-corrected chi connectivity index (χ4v) is 2.92. The second-order valence-corrected chi connectivity index (χ2v) is 5.63. The van der Waals surface area contributed by atoms with Crippen molar-refractivity contribution in [3.8, 4) is 11.5 Å². The summed E-state index contributed by atoms with van der Waals surface area (Å²) in [6, 6.07) is 5.26. The summed E-state index contributed by atoms with van der Waals surface area (Å²) < 4.78 is 15.6. The van der Waals surface area contributed by atoms with E-state index in [1.54, 1.807) is 21.1 Å². The number of methoxy groups -OCH3 is 2. The van der Waals surface area contributed by atoms with Gasteiger partial charge in [0.25, 0.3) is 5.91 Å². The van der Waals surface area contributed by atoms with Crippen LogP contribution in [0.1, 0.15) is 18.9 Å². The predicted octanol–water partition coefficient (Wildman–Crippen LogP) is -0.460. The van der Waals surface area contributed by atoms with Gasteiger partial charge in [-0.1, -0.05) is 0 Å². The number of rotatable bonds is 7. The van der Waals surface area contributed by atoms with E-state index in [4.69, 9.17) is 14.2 Å². The van der Waals surface area contributed by atoms with Gasteiger partial charge in [-0.05, 0) is 25.1 Å². The Morgan fingerprint density at radius 1 is 1.29 bits per heavy atom. The van der Waals surface area contributed by atoms with Gasteiger partial charge in [0.05, 0.1) is 33.9 Å². The summed E-state index contributed by atoms with van der Waals surface area (Å²) in [5.74, 6) is 0.864. The van der Waals surface area contributed by atoms with Gasteiger partial charge in [-0.15, -0.1) is 0 Å². The van der Waals surface area contributed by atoms with Crippen molar-refractivity contribution in [2.24, 2.45) is 0 Å². The lowest BCUT2D eigenvalue weighted by Crippen LogP contribution is -3.18. The Bertz CT molecular complexity index is 590. The molecule has 7 nitrogen and oxygen atoms in total. The SMILES string of the molecule is CCOC(=O)C[C@@H]1C(=O)NCC[NH+]1Cc1ccc(OC)c(OC)c1. The molecule has 1 aliphatic heterocycles. The van der Waals surface area contributed by atoms with Crippen LogP contribution in [0, 0.1) is 0 Å². The molecule has 24 heavy (non-hydrogen) atoms. The minimum atomic E-state index is -0.439. The Hall–Kier alpha value is -2.28. The number of amides is 1. The molecule has 0 bridgehead atoms. The van der Waals surface area contributed by atoms with Crippen molar-refractivity contribution in [1.29, 1.82) is 0 Å². The molecule has 2 N–H and O–H groups in total. The van der Waals surface area contributed by atoms with E-state index in [0.29, 0.717) is 31.2 Å². The number of quaternary nitrogens is 1. The van der Waals surface area contributed by atoms with E-state index in [2.05, 4.69) is 5.32 Å². The third-order valence-corrected chi connectivity index (χ3v) is 4.11. The van der Waals surface area contributed by atoms with E-state index < -0.39 is 6.04 Å². The lowest BCUT2D eigenvalue weighted by atomic mass is 10.1. The van der Waals surface area contributed by atoms with Crippen LogP contribution in [0.3, 0.4) is 0 Å². The van der Waals surface area contributed by atoms with Gasteiger partial charge in [0.2, 0.25) is 0 Å². The zero-order valence-corrected chi connectivity index (χ0v) is 14.4. The molecule has 1 saturated heterocycles. The highest BCUT2D eigenvalue weighted by atomic mass is 16.5. The average Bonchev–Trinajstić information content (AvgIpc) is 2.58. The Kier molecular flexibility index (Phi) is 6.43. The largest absolute Gasteiger partial charge is 0.493 e. The number of esters is 1. The maximum absolute atomic E-state index is 12.2. The summed E-state index contributed by atoms with van der Waals surface area (Å²) in [5, 5.41) is 2.82. The van der Waals surface area contributed by atoms with Crippen molar-refractivity contribution in [2.75, 3.05) is 33.9 Å². The molecule has 1 unspecified atom stereocenters. The van der Waals surface area contributed by atoms with Crippen molar-refractivity contribution >= 4 is 11.9 Å². The van der Waals surface area contributed by atoms with Gasteiger partial charge in [-0.2, -0.15) is 0 Å². The molecule has 2 atom stereocenters. The molecule has 7 heteroatoms. The van der Waals surface area contributed by atoms with E-state index in [1.165, 1.54) is 0 Å². The van der Waals surface area contributed by atoms with Gasteiger partial charge in [0.15, 0.2) is 17.5 Å². The van der Waals surface area contributed by atoms with Crippen LogP contribution in [-0.2, 0) is 20.9 Å². The zero-order valence-electron chi connectivity index (χ0n) is 14.4. The number of hydrogen-bond acceptors (Lipinski definition) is 5. The van der Waals surface area contributed by atoms with Crippen molar-refractivity contribution < 1.29 is 28.7 Å². The highest BCUT2D eigenvalue weighted by Gasteiger charge is 2.35. The van der Waals surface area contributed by atoms with E-state index in [1.807, 2.05) is 18.2 Å². The van der Waals surface area contributed by atoms with Crippen molar-refractivity contribution in [3.63, 3.8) is 0 Å². The number of carbonyl (C=O) groups is 2.